The Morgan fingerprint density at radius 1 is 1.00 bits per heavy atom. The third kappa shape index (κ3) is 9.87. The molecule has 2 aromatic rings. The second-order valence-corrected chi connectivity index (χ2v) is 13.4. The number of amides is 2. The van der Waals surface area contributed by atoms with E-state index in [1.54, 1.807) is 25.3 Å². The van der Waals surface area contributed by atoms with Gasteiger partial charge in [-0.05, 0) is 73.8 Å². The lowest BCUT2D eigenvalue weighted by atomic mass is 9.84. The fourth-order valence-corrected chi connectivity index (χ4v) is 6.51. The summed E-state index contributed by atoms with van der Waals surface area (Å²) in [6.07, 6.45) is 3.76. The van der Waals surface area contributed by atoms with Crippen LogP contribution in [0.4, 0.5) is 0 Å². The fourth-order valence-electron chi connectivity index (χ4n) is 6.51. The molecule has 2 aliphatic rings. The van der Waals surface area contributed by atoms with Crippen LogP contribution in [0, 0.1) is 17.8 Å². The molecule has 0 aromatic heterocycles. The molecule has 2 amide bonds. The lowest BCUT2D eigenvalue weighted by Gasteiger charge is -2.36. The molecule has 2 heterocycles. The summed E-state index contributed by atoms with van der Waals surface area (Å²) in [5.41, 5.74) is 5.75. The molecule has 256 valence electrons. The molecule has 10 heteroatoms. The molecule has 47 heavy (non-hydrogen) atoms. The summed E-state index contributed by atoms with van der Waals surface area (Å²) in [6, 6.07) is 12.8. The number of phenols is 1. The Labute approximate surface area is 278 Å². The number of rotatable bonds is 4. The molecular formula is C37H51N3O7. The lowest BCUT2D eigenvalue weighted by Crippen LogP contribution is -2.61. The normalized spacial score (nSPS) is 27.4. The number of hydrogen-bond donors (Lipinski definition) is 3. The van der Waals surface area contributed by atoms with Gasteiger partial charge in [-0.3, -0.25) is 24.2 Å². The van der Waals surface area contributed by atoms with Gasteiger partial charge in [0.1, 0.15) is 29.7 Å². The largest absolute Gasteiger partial charge is 0.508 e. The summed E-state index contributed by atoms with van der Waals surface area (Å²) in [7, 11) is 1.62. The fraction of sp³-hybridized carbons (Fsp3) is 0.568. The summed E-state index contributed by atoms with van der Waals surface area (Å²) in [5, 5.41) is 14.4. The molecule has 3 N–H and O–H groups in total. The van der Waals surface area contributed by atoms with E-state index >= 15 is 0 Å². The van der Waals surface area contributed by atoms with Crippen molar-refractivity contribution >= 4 is 23.6 Å². The Kier molecular flexibility index (Phi) is 13.0. The van der Waals surface area contributed by atoms with Gasteiger partial charge in [-0.2, -0.15) is 0 Å². The first-order valence-corrected chi connectivity index (χ1v) is 17.0. The van der Waals surface area contributed by atoms with E-state index < -0.39 is 47.8 Å². The molecule has 2 aliphatic heterocycles. The minimum Gasteiger partial charge on any atom is -0.508 e. The molecule has 4 rings (SSSR count). The smallest absolute Gasteiger partial charge is 0.325 e. The maximum Gasteiger partial charge on any atom is 0.325 e. The highest BCUT2D eigenvalue weighted by Gasteiger charge is 2.36. The standard InChI is InChI=1S/C37H51N3O7/c1-23(2)30-22-33(42)24(3)34(46-5)17-7-6-11-26-12-8-14-28(19-26)25(4)47-37(45)31-16-10-18-40(39-31)36(44)32(38-35(30)43)21-27-13-9-15-29(41)20-27/h8-9,12-15,19-20,23-25,30-32,34,39,41H,6-7,10-11,16-18,21-22H2,1-5H3,(H,38,43)/t24-,25+,30-,31-,32-,34+/m0/s1. The number of nitrogens with zero attached hydrogens (tertiary/aromatic N) is 1. The van der Waals surface area contributed by atoms with Crippen LogP contribution in [0.25, 0.3) is 0 Å². The highest BCUT2D eigenvalue weighted by Crippen LogP contribution is 2.25. The molecule has 6 atom stereocenters. The van der Waals surface area contributed by atoms with Gasteiger partial charge < -0.3 is 19.9 Å². The molecular weight excluding hydrogens is 598 g/mol. The zero-order valence-electron chi connectivity index (χ0n) is 28.4. The van der Waals surface area contributed by atoms with Gasteiger partial charge in [-0.25, -0.2) is 5.43 Å². The number of nitrogens with one attached hydrogen (secondary N) is 2. The highest BCUT2D eigenvalue weighted by atomic mass is 16.5. The van der Waals surface area contributed by atoms with E-state index in [-0.39, 0.29) is 36.4 Å². The first-order valence-electron chi connectivity index (χ1n) is 17.0. The van der Waals surface area contributed by atoms with Gasteiger partial charge in [0.05, 0.1) is 6.10 Å². The number of fused-ring (bicyclic) bond motifs is 4. The number of benzene rings is 2. The van der Waals surface area contributed by atoms with Gasteiger partial charge in [0.15, 0.2) is 0 Å². The number of hydrazine groups is 1. The summed E-state index contributed by atoms with van der Waals surface area (Å²) >= 11 is 0. The monoisotopic (exact) mass is 649 g/mol. The second kappa shape index (κ2) is 16.9. The molecule has 1 fully saturated rings. The van der Waals surface area contributed by atoms with Crippen LogP contribution < -0.4 is 10.7 Å². The van der Waals surface area contributed by atoms with Crippen molar-refractivity contribution in [2.45, 2.75) is 103 Å². The Hall–Kier alpha value is -3.76. The van der Waals surface area contributed by atoms with Crippen LogP contribution in [0.3, 0.4) is 0 Å². The average molecular weight is 650 g/mol. The van der Waals surface area contributed by atoms with Gasteiger partial charge in [0.2, 0.25) is 5.91 Å². The molecule has 0 radical (unpaired) electrons. The summed E-state index contributed by atoms with van der Waals surface area (Å²) in [4.78, 5) is 54.8. The summed E-state index contributed by atoms with van der Waals surface area (Å²) in [6.45, 7) is 7.83. The van der Waals surface area contributed by atoms with Crippen molar-refractivity contribution in [1.82, 2.24) is 15.8 Å². The number of ketones is 1. The summed E-state index contributed by atoms with van der Waals surface area (Å²) < 4.78 is 11.6. The number of ether oxygens (including phenoxy) is 2. The van der Waals surface area contributed by atoms with Gasteiger partial charge in [0.25, 0.3) is 5.91 Å². The number of methoxy groups -OCH3 is 1. The minimum atomic E-state index is -1.01. The number of Topliss-reactive ketones (excluding diaryl/α,β-unsaturated/α-hetero) is 1. The average Bonchev–Trinajstić information content (AvgIpc) is 3.05. The number of cyclic esters (lactones) is 1. The minimum absolute atomic E-state index is 0.0262. The zero-order valence-corrected chi connectivity index (χ0v) is 28.4. The van der Waals surface area contributed by atoms with Crippen molar-refractivity contribution < 1.29 is 33.8 Å². The van der Waals surface area contributed by atoms with E-state index in [0.29, 0.717) is 31.4 Å². The first kappa shape index (κ1) is 36.1. The van der Waals surface area contributed by atoms with E-state index in [1.807, 2.05) is 39.8 Å². The number of hydrogen-bond acceptors (Lipinski definition) is 8. The van der Waals surface area contributed by atoms with Crippen molar-refractivity contribution in [3.8, 4) is 5.75 Å². The van der Waals surface area contributed by atoms with Gasteiger partial charge >= 0.3 is 5.97 Å². The van der Waals surface area contributed by atoms with E-state index in [0.717, 1.165) is 30.4 Å². The maximum atomic E-state index is 14.1. The third-order valence-electron chi connectivity index (χ3n) is 9.55. The highest BCUT2D eigenvalue weighted by molar-refractivity contribution is 5.92. The molecule has 0 saturated carbocycles. The number of phenolic OH excluding ortho intramolecular Hbond substituents is 1. The number of aryl methyl sites for hydroxylation is 1. The van der Waals surface area contributed by atoms with Gasteiger partial charge in [-0.15, -0.1) is 0 Å². The zero-order chi connectivity index (χ0) is 34.1. The third-order valence-corrected chi connectivity index (χ3v) is 9.55. The SMILES string of the molecule is CO[C@@H]1CCCCc2cccc(c2)[C@@H](C)OC(=O)[C@@H]2CCCN(N2)C(=O)[C@H](Cc2cccc(O)c2)NC(=O)[C@H](C(C)C)CC(=O)[C@@H]1C. The number of carbonyl (C=O) groups is 4. The van der Waals surface area contributed by atoms with Crippen molar-refractivity contribution in [3.63, 3.8) is 0 Å². The number of esters is 1. The molecule has 10 nitrogen and oxygen atoms in total. The first-order chi connectivity index (χ1) is 22.5. The van der Waals surface area contributed by atoms with Crippen molar-refractivity contribution in [2.75, 3.05) is 13.7 Å². The van der Waals surface area contributed by atoms with E-state index in [9.17, 15) is 24.3 Å². The predicted octanol–water partition coefficient (Wildman–Crippen LogP) is 4.83. The van der Waals surface area contributed by atoms with Crippen molar-refractivity contribution in [1.29, 1.82) is 0 Å². The Morgan fingerprint density at radius 2 is 1.77 bits per heavy atom. The van der Waals surface area contributed by atoms with Crippen LogP contribution in [0.2, 0.25) is 0 Å². The quantitative estimate of drug-likeness (QED) is 0.401. The van der Waals surface area contributed by atoms with Crippen LogP contribution in [-0.2, 0) is 41.5 Å². The molecule has 0 unspecified atom stereocenters. The van der Waals surface area contributed by atoms with Crippen molar-refractivity contribution in [2.24, 2.45) is 17.8 Å². The number of aromatic hydroxyl groups is 1. The maximum absolute atomic E-state index is 14.1. The van der Waals surface area contributed by atoms with Gasteiger partial charge in [0, 0.05) is 38.3 Å². The van der Waals surface area contributed by atoms with Crippen LogP contribution in [0.5, 0.6) is 5.75 Å². The second-order valence-electron chi connectivity index (χ2n) is 13.4. The number of carbonyl (C=O) groups excluding carboxylic acids is 4. The molecule has 0 spiro atoms. The predicted molar refractivity (Wildman–Crippen MR) is 178 cm³/mol. The van der Waals surface area contributed by atoms with Crippen LogP contribution >= 0.6 is 0 Å². The van der Waals surface area contributed by atoms with E-state index in [4.69, 9.17) is 9.47 Å². The molecule has 1 saturated heterocycles. The van der Waals surface area contributed by atoms with Crippen LogP contribution in [0.15, 0.2) is 48.5 Å². The lowest BCUT2D eigenvalue weighted by molar-refractivity contribution is -0.157. The van der Waals surface area contributed by atoms with E-state index in [1.165, 1.54) is 11.1 Å². The van der Waals surface area contributed by atoms with Crippen LogP contribution in [0.1, 0.15) is 89.0 Å². The summed E-state index contributed by atoms with van der Waals surface area (Å²) in [5.74, 6) is -2.49. The Balaban J connectivity index is 1.64. The Morgan fingerprint density at radius 3 is 2.49 bits per heavy atom. The van der Waals surface area contributed by atoms with Crippen molar-refractivity contribution in [3.05, 3.63) is 65.2 Å². The molecule has 0 aliphatic carbocycles. The van der Waals surface area contributed by atoms with Gasteiger partial charge in [-0.1, -0.05) is 63.6 Å². The molecule has 4 bridgehead atoms. The van der Waals surface area contributed by atoms with Crippen LogP contribution in [-0.4, -0.2) is 65.5 Å². The topological polar surface area (TPSA) is 134 Å². The Bertz CT molecular complexity index is 1400. The van der Waals surface area contributed by atoms with E-state index in [2.05, 4.69) is 22.9 Å². The molecule has 2 aromatic carbocycles.